The van der Waals surface area contributed by atoms with Gasteiger partial charge in [0.05, 0.1) is 11.1 Å². The summed E-state index contributed by atoms with van der Waals surface area (Å²) in [5.74, 6) is -0.253. The Morgan fingerprint density at radius 2 is 1.96 bits per heavy atom. The molecule has 0 saturated carbocycles. The molecule has 8 heteroatoms. The maximum Gasteiger partial charge on any atom is 0.251 e. The molecule has 2 aromatic rings. The molecule has 0 bridgehead atoms. The average molecular weight is 405 g/mol. The van der Waals surface area contributed by atoms with E-state index in [0.29, 0.717) is 25.2 Å². The van der Waals surface area contributed by atoms with Gasteiger partial charge in [-0.15, -0.1) is 0 Å². The third-order valence-corrected chi connectivity index (χ3v) is 7.04. The first-order valence-electron chi connectivity index (χ1n) is 9.86. The monoisotopic (exact) mass is 404 g/mol. The summed E-state index contributed by atoms with van der Waals surface area (Å²) in [4.78, 5) is 12.6. The Bertz CT molecular complexity index is 900. The number of nitrogens with one attached hydrogen (secondary N) is 2. The minimum atomic E-state index is -3.56. The van der Waals surface area contributed by atoms with Crippen LogP contribution >= 0.6 is 0 Å². The maximum absolute atomic E-state index is 12.9. The molecule has 3 rings (SSSR count). The fourth-order valence-corrected chi connectivity index (χ4v) is 5.00. The Hall–Kier alpha value is -2.19. The van der Waals surface area contributed by atoms with E-state index in [4.69, 9.17) is 0 Å². The van der Waals surface area contributed by atoms with E-state index in [2.05, 4.69) is 15.5 Å². The number of amides is 1. The fourth-order valence-electron chi connectivity index (χ4n) is 3.44. The third-order valence-electron chi connectivity index (χ3n) is 5.14. The molecule has 1 aromatic carbocycles. The molecule has 1 aliphatic heterocycles. The largest absolute Gasteiger partial charge is 0.352 e. The van der Waals surface area contributed by atoms with Crippen LogP contribution in [0, 0.1) is 6.92 Å². The normalized spacial score (nSPS) is 15.9. The van der Waals surface area contributed by atoms with E-state index in [1.165, 1.54) is 6.07 Å². The molecular formula is C20H28N4O3S. The third kappa shape index (κ3) is 4.99. The molecule has 152 valence electrons. The van der Waals surface area contributed by atoms with Gasteiger partial charge in [0.1, 0.15) is 0 Å². The van der Waals surface area contributed by atoms with Crippen molar-refractivity contribution >= 4 is 15.9 Å². The number of rotatable bonds is 7. The SMILES string of the molecule is Cc1[nH]ncc1CCCNC(=O)c1cccc(S(=O)(=O)N2CCCCCC2)c1. The molecule has 0 aliphatic carbocycles. The van der Waals surface area contributed by atoms with E-state index in [1.54, 1.807) is 28.7 Å². The van der Waals surface area contributed by atoms with Gasteiger partial charge in [0.25, 0.3) is 5.91 Å². The molecule has 0 radical (unpaired) electrons. The van der Waals surface area contributed by atoms with Gasteiger partial charge in [0.15, 0.2) is 0 Å². The van der Waals surface area contributed by atoms with Gasteiger partial charge in [-0.05, 0) is 56.4 Å². The molecule has 1 amide bonds. The number of H-pyrrole nitrogens is 1. The zero-order valence-corrected chi connectivity index (χ0v) is 17.1. The lowest BCUT2D eigenvalue weighted by Gasteiger charge is -2.20. The summed E-state index contributed by atoms with van der Waals surface area (Å²) in [6, 6.07) is 6.33. The Labute approximate surface area is 166 Å². The summed E-state index contributed by atoms with van der Waals surface area (Å²) >= 11 is 0. The minimum absolute atomic E-state index is 0.191. The first kappa shape index (κ1) is 20.5. The summed E-state index contributed by atoms with van der Waals surface area (Å²) in [6.45, 7) is 3.59. The van der Waals surface area contributed by atoms with E-state index in [9.17, 15) is 13.2 Å². The number of carbonyl (C=O) groups excluding carboxylic acids is 1. The first-order valence-corrected chi connectivity index (χ1v) is 11.3. The fraction of sp³-hybridized carbons (Fsp3) is 0.500. The maximum atomic E-state index is 12.9. The van der Waals surface area contributed by atoms with Crippen molar-refractivity contribution in [2.24, 2.45) is 0 Å². The van der Waals surface area contributed by atoms with Crippen LogP contribution in [-0.2, 0) is 16.4 Å². The van der Waals surface area contributed by atoms with Gasteiger partial charge < -0.3 is 5.32 Å². The standard InChI is InChI=1S/C20H28N4O3S/c1-16-18(15-22-23-16)9-7-11-21-20(25)17-8-6-10-19(14-17)28(26,27)24-12-4-2-3-5-13-24/h6,8,10,14-15H,2-5,7,9,11-13H2,1H3,(H,21,25)(H,22,23). The number of aryl methyl sites for hydroxylation is 2. The lowest BCUT2D eigenvalue weighted by molar-refractivity contribution is 0.0953. The zero-order chi connectivity index (χ0) is 20.0. The Morgan fingerprint density at radius 1 is 1.21 bits per heavy atom. The van der Waals surface area contributed by atoms with E-state index in [0.717, 1.165) is 49.8 Å². The smallest absolute Gasteiger partial charge is 0.251 e. The van der Waals surface area contributed by atoms with Crippen molar-refractivity contribution in [3.05, 3.63) is 47.3 Å². The van der Waals surface area contributed by atoms with Gasteiger partial charge in [0.2, 0.25) is 10.0 Å². The van der Waals surface area contributed by atoms with Crippen LogP contribution in [0.5, 0.6) is 0 Å². The summed E-state index contributed by atoms with van der Waals surface area (Å²) in [7, 11) is -3.56. The highest BCUT2D eigenvalue weighted by molar-refractivity contribution is 7.89. The molecule has 1 saturated heterocycles. The van der Waals surface area contributed by atoms with Crippen LogP contribution in [0.25, 0.3) is 0 Å². The number of aromatic amines is 1. The molecule has 0 spiro atoms. The second-order valence-electron chi connectivity index (χ2n) is 7.23. The molecule has 2 N–H and O–H groups in total. The highest BCUT2D eigenvalue weighted by atomic mass is 32.2. The first-order chi connectivity index (χ1) is 13.5. The summed E-state index contributed by atoms with van der Waals surface area (Å²) in [5.41, 5.74) is 2.55. The number of hydrogen-bond donors (Lipinski definition) is 2. The predicted molar refractivity (Wildman–Crippen MR) is 108 cm³/mol. The number of benzene rings is 1. The van der Waals surface area contributed by atoms with Gasteiger partial charge in [-0.3, -0.25) is 9.89 Å². The van der Waals surface area contributed by atoms with Gasteiger partial charge in [-0.1, -0.05) is 18.9 Å². The van der Waals surface area contributed by atoms with Crippen molar-refractivity contribution in [1.29, 1.82) is 0 Å². The molecule has 0 unspecified atom stereocenters. The molecule has 1 fully saturated rings. The topological polar surface area (TPSA) is 95.2 Å². The lowest BCUT2D eigenvalue weighted by Crippen LogP contribution is -2.32. The highest BCUT2D eigenvalue weighted by Gasteiger charge is 2.25. The Morgan fingerprint density at radius 3 is 2.64 bits per heavy atom. The lowest BCUT2D eigenvalue weighted by atomic mass is 10.1. The summed E-state index contributed by atoms with van der Waals surface area (Å²) in [6.07, 6.45) is 7.31. The number of aromatic nitrogens is 2. The molecule has 7 nitrogen and oxygen atoms in total. The van der Waals surface area contributed by atoms with E-state index in [1.807, 2.05) is 6.92 Å². The van der Waals surface area contributed by atoms with Crippen LogP contribution in [0.2, 0.25) is 0 Å². The highest BCUT2D eigenvalue weighted by Crippen LogP contribution is 2.21. The van der Waals surface area contributed by atoms with Gasteiger partial charge in [-0.2, -0.15) is 9.40 Å². The van der Waals surface area contributed by atoms with Crippen LogP contribution in [0.15, 0.2) is 35.4 Å². The molecular weight excluding hydrogens is 376 g/mol. The molecule has 28 heavy (non-hydrogen) atoms. The van der Waals surface area contributed by atoms with Crippen LogP contribution in [0.1, 0.15) is 53.7 Å². The summed E-state index contributed by atoms with van der Waals surface area (Å²) in [5, 5.41) is 9.76. The van der Waals surface area contributed by atoms with E-state index in [-0.39, 0.29) is 10.8 Å². The van der Waals surface area contributed by atoms with Gasteiger partial charge in [-0.25, -0.2) is 8.42 Å². The zero-order valence-electron chi connectivity index (χ0n) is 16.3. The summed E-state index contributed by atoms with van der Waals surface area (Å²) < 4.78 is 27.4. The molecule has 1 aromatic heterocycles. The van der Waals surface area contributed by atoms with E-state index < -0.39 is 10.0 Å². The van der Waals surface area contributed by atoms with Gasteiger partial charge in [0, 0.05) is 30.9 Å². The van der Waals surface area contributed by atoms with Crippen LogP contribution in [0.4, 0.5) is 0 Å². The van der Waals surface area contributed by atoms with Crippen LogP contribution in [0.3, 0.4) is 0 Å². The molecule has 1 aliphatic rings. The van der Waals surface area contributed by atoms with E-state index >= 15 is 0 Å². The van der Waals surface area contributed by atoms with Gasteiger partial charge >= 0.3 is 0 Å². The quantitative estimate of drug-likeness (QED) is 0.694. The predicted octanol–water partition coefficient (Wildman–Crippen LogP) is 2.65. The number of nitrogens with zero attached hydrogens (tertiary/aromatic N) is 2. The second-order valence-corrected chi connectivity index (χ2v) is 9.16. The van der Waals surface area contributed by atoms with Crippen molar-refractivity contribution in [3.8, 4) is 0 Å². The number of hydrogen-bond acceptors (Lipinski definition) is 4. The molecule has 2 heterocycles. The van der Waals surface area contributed by atoms with Crippen LogP contribution in [-0.4, -0.2) is 48.5 Å². The van der Waals surface area contributed by atoms with Crippen molar-refractivity contribution in [1.82, 2.24) is 19.8 Å². The van der Waals surface area contributed by atoms with Crippen molar-refractivity contribution in [2.45, 2.75) is 50.3 Å². The minimum Gasteiger partial charge on any atom is -0.352 e. The second kappa shape index (κ2) is 9.34. The number of sulfonamides is 1. The number of carbonyl (C=O) groups is 1. The van der Waals surface area contributed by atoms with Crippen molar-refractivity contribution in [3.63, 3.8) is 0 Å². The van der Waals surface area contributed by atoms with Crippen LogP contribution < -0.4 is 5.32 Å². The van der Waals surface area contributed by atoms with Crippen molar-refractivity contribution in [2.75, 3.05) is 19.6 Å². The average Bonchev–Trinajstić information content (AvgIpc) is 2.93. The van der Waals surface area contributed by atoms with Crippen molar-refractivity contribution < 1.29 is 13.2 Å². The Balaban J connectivity index is 1.60. The molecule has 0 atom stereocenters. The Kier molecular flexibility index (Phi) is 6.85.